The fourth-order valence-corrected chi connectivity index (χ4v) is 2.19. The van der Waals surface area contributed by atoms with E-state index in [9.17, 15) is 4.79 Å². The van der Waals surface area contributed by atoms with Crippen molar-refractivity contribution in [1.29, 1.82) is 0 Å². The van der Waals surface area contributed by atoms with Gasteiger partial charge in [-0.1, -0.05) is 11.6 Å². The first-order valence-electron chi connectivity index (χ1n) is 6.85. The molecule has 0 aliphatic rings. The summed E-state index contributed by atoms with van der Waals surface area (Å²) in [5, 5.41) is 8.35. The summed E-state index contributed by atoms with van der Waals surface area (Å²) < 4.78 is 16.0. The summed E-state index contributed by atoms with van der Waals surface area (Å²) in [6.45, 7) is 3.54. The minimum Gasteiger partial charge on any atom is -0.466 e. The highest BCUT2D eigenvalue weighted by molar-refractivity contribution is 6.30. The molecular weight excluding hydrogens is 320 g/mol. The summed E-state index contributed by atoms with van der Waals surface area (Å²) in [5.41, 5.74) is 1.13. The van der Waals surface area contributed by atoms with Crippen LogP contribution in [0, 0.1) is 13.8 Å². The van der Waals surface area contributed by atoms with E-state index in [2.05, 4.69) is 10.2 Å². The molecule has 0 atom stereocenters. The van der Waals surface area contributed by atoms with E-state index in [1.165, 1.54) is 0 Å². The lowest BCUT2D eigenvalue weighted by molar-refractivity contribution is 0.0438. The van der Waals surface area contributed by atoms with Gasteiger partial charge in [0.15, 0.2) is 6.61 Å². The first-order valence-corrected chi connectivity index (χ1v) is 7.23. The van der Waals surface area contributed by atoms with E-state index in [4.69, 9.17) is 25.2 Å². The number of ether oxygens (including phenoxy) is 1. The molecule has 0 aliphatic carbocycles. The molecule has 2 aromatic heterocycles. The van der Waals surface area contributed by atoms with Crippen LogP contribution in [0.25, 0.3) is 11.5 Å². The lowest BCUT2D eigenvalue weighted by Crippen LogP contribution is -2.05. The van der Waals surface area contributed by atoms with Gasteiger partial charge >= 0.3 is 5.97 Å². The third-order valence-electron chi connectivity index (χ3n) is 3.14. The molecule has 0 N–H and O–H groups in total. The summed E-state index contributed by atoms with van der Waals surface area (Å²) in [4.78, 5) is 11.9. The van der Waals surface area contributed by atoms with Gasteiger partial charge in [-0.05, 0) is 44.2 Å². The standard InChI is InChI=1S/C16H13ClN2O4/c1-9-7-13(10(2)22-9)15-19-18-14(23-15)8-21-16(20)11-3-5-12(17)6-4-11/h3-7H,8H2,1-2H3. The van der Waals surface area contributed by atoms with Crippen molar-refractivity contribution in [1.82, 2.24) is 10.2 Å². The van der Waals surface area contributed by atoms with Gasteiger partial charge in [0.05, 0.1) is 11.1 Å². The largest absolute Gasteiger partial charge is 0.466 e. The maximum atomic E-state index is 11.9. The summed E-state index contributed by atoms with van der Waals surface area (Å²) in [6, 6.07) is 8.22. The Hall–Kier alpha value is -2.60. The highest BCUT2D eigenvalue weighted by Gasteiger charge is 2.16. The Kier molecular flexibility index (Phi) is 4.16. The second-order valence-electron chi connectivity index (χ2n) is 4.91. The molecule has 3 rings (SSSR count). The molecule has 0 bridgehead atoms. The quantitative estimate of drug-likeness (QED) is 0.673. The Morgan fingerprint density at radius 3 is 2.57 bits per heavy atom. The average Bonchev–Trinajstić information content (AvgIpc) is 3.11. The first kappa shape index (κ1) is 15.3. The molecule has 2 heterocycles. The number of carbonyl (C=O) groups excluding carboxylic acids is 1. The van der Waals surface area contributed by atoms with Gasteiger partial charge in [0.25, 0.3) is 11.8 Å². The molecular formula is C16H13ClN2O4. The van der Waals surface area contributed by atoms with Crippen molar-refractivity contribution in [3.05, 3.63) is 58.3 Å². The van der Waals surface area contributed by atoms with Crippen molar-refractivity contribution in [3.8, 4) is 11.5 Å². The van der Waals surface area contributed by atoms with Crippen LogP contribution in [0.2, 0.25) is 5.02 Å². The van der Waals surface area contributed by atoms with E-state index >= 15 is 0 Å². The Morgan fingerprint density at radius 1 is 1.17 bits per heavy atom. The smallest absolute Gasteiger partial charge is 0.338 e. The van der Waals surface area contributed by atoms with Gasteiger partial charge in [0, 0.05) is 5.02 Å². The molecule has 0 amide bonds. The van der Waals surface area contributed by atoms with Gasteiger partial charge in [0.1, 0.15) is 11.5 Å². The van der Waals surface area contributed by atoms with Crippen molar-refractivity contribution in [3.63, 3.8) is 0 Å². The SMILES string of the molecule is Cc1cc(-c2nnc(COC(=O)c3ccc(Cl)cc3)o2)c(C)o1. The Labute approximate surface area is 137 Å². The van der Waals surface area contributed by atoms with Crippen LogP contribution in [0.15, 0.2) is 39.2 Å². The zero-order valence-corrected chi connectivity index (χ0v) is 13.3. The average molecular weight is 333 g/mol. The third kappa shape index (κ3) is 3.43. The molecule has 7 heteroatoms. The number of aryl methyl sites for hydroxylation is 2. The van der Waals surface area contributed by atoms with E-state index in [1.807, 2.05) is 19.9 Å². The van der Waals surface area contributed by atoms with Crippen LogP contribution in [0.1, 0.15) is 27.8 Å². The molecule has 23 heavy (non-hydrogen) atoms. The van der Waals surface area contributed by atoms with Gasteiger partial charge in [-0.3, -0.25) is 0 Å². The van der Waals surface area contributed by atoms with Crippen molar-refractivity contribution in [2.45, 2.75) is 20.5 Å². The summed E-state index contributed by atoms with van der Waals surface area (Å²) in [6.07, 6.45) is 0. The molecule has 0 fully saturated rings. The summed E-state index contributed by atoms with van der Waals surface area (Å²) >= 11 is 5.77. The molecule has 0 unspecified atom stereocenters. The maximum Gasteiger partial charge on any atom is 0.338 e. The normalized spacial score (nSPS) is 10.7. The Bertz CT molecular complexity index is 836. The van der Waals surface area contributed by atoms with Crippen LogP contribution in [-0.4, -0.2) is 16.2 Å². The van der Waals surface area contributed by atoms with E-state index in [0.717, 1.165) is 11.3 Å². The zero-order chi connectivity index (χ0) is 16.4. The van der Waals surface area contributed by atoms with Crippen molar-refractivity contribution < 1.29 is 18.4 Å². The first-order chi connectivity index (χ1) is 11.0. The van der Waals surface area contributed by atoms with E-state index in [0.29, 0.717) is 22.2 Å². The topological polar surface area (TPSA) is 78.4 Å². The number of halogens is 1. The van der Waals surface area contributed by atoms with Gasteiger partial charge in [-0.2, -0.15) is 0 Å². The van der Waals surface area contributed by atoms with E-state index in [-0.39, 0.29) is 12.5 Å². The number of hydrogen-bond acceptors (Lipinski definition) is 6. The van der Waals surface area contributed by atoms with Gasteiger partial charge in [-0.25, -0.2) is 4.79 Å². The molecule has 118 valence electrons. The second-order valence-corrected chi connectivity index (χ2v) is 5.35. The number of furan rings is 1. The van der Waals surface area contributed by atoms with Crippen LogP contribution in [0.3, 0.4) is 0 Å². The monoisotopic (exact) mass is 332 g/mol. The number of nitrogens with zero attached hydrogens (tertiary/aromatic N) is 2. The van der Waals surface area contributed by atoms with E-state index in [1.54, 1.807) is 24.3 Å². The summed E-state index contributed by atoms with van der Waals surface area (Å²) in [7, 11) is 0. The lowest BCUT2D eigenvalue weighted by atomic mass is 10.2. The minimum atomic E-state index is -0.489. The molecule has 6 nitrogen and oxygen atoms in total. The van der Waals surface area contributed by atoms with Crippen LogP contribution in [0.4, 0.5) is 0 Å². The highest BCUT2D eigenvalue weighted by atomic mass is 35.5. The maximum absolute atomic E-state index is 11.9. The molecule has 0 saturated carbocycles. The number of carbonyl (C=O) groups is 1. The highest BCUT2D eigenvalue weighted by Crippen LogP contribution is 2.25. The van der Waals surface area contributed by atoms with Crippen LogP contribution in [-0.2, 0) is 11.3 Å². The molecule has 3 aromatic rings. The fraction of sp³-hybridized carbons (Fsp3) is 0.188. The third-order valence-corrected chi connectivity index (χ3v) is 3.40. The minimum absolute atomic E-state index is 0.107. The molecule has 0 spiro atoms. The van der Waals surface area contributed by atoms with Crippen molar-refractivity contribution in [2.24, 2.45) is 0 Å². The predicted octanol–water partition coefficient (Wildman–Crippen LogP) is 3.96. The van der Waals surface area contributed by atoms with Crippen molar-refractivity contribution >= 4 is 17.6 Å². The van der Waals surface area contributed by atoms with E-state index < -0.39 is 5.97 Å². The Balaban J connectivity index is 1.66. The lowest BCUT2D eigenvalue weighted by Gasteiger charge is -2.01. The zero-order valence-electron chi connectivity index (χ0n) is 12.5. The fourth-order valence-electron chi connectivity index (χ4n) is 2.06. The number of hydrogen-bond donors (Lipinski definition) is 0. The molecule has 0 saturated heterocycles. The summed E-state index contributed by atoms with van der Waals surface area (Å²) in [5.74, 6) is 1.50. The Morgan fingerprint density at radius 2 is 1.91 bits per heavy atom. The van der Waals surface area contributed by atoms with Gasteiger partial charge < -0.3 is 13.6 Å². The second kappa shape index (κ2) is 6.26. The predicted molar refractivity (Wildman–Crippen MR) is 82.0 cm³/mol. The van der Waals surface area contributed by atoms with Crippen LogP contribution in [0.5, 0.6) is 0 Å². The number of rotatable bonds is 4. The number of benzene rings is 1. The number of esters is 1. The van der Waals surface area contributed by atoms with Crippen molar-refractivity contribution in [2.75, 3.05) is 0 Å². The molecule has 0 radical (unpaired) electrons. The van der Waals surface area contributed by atoms with Crippen LogP contribution < -0.4 is 0 Å². The number of aromatic nitrogens is 2. The van der Waals surface area contributed by atoms with Gasteiger partial charge in [-0.15, -0.1) is 10.2 Å². The van der Waals surface area contributed by atoms with Gasteiger partial charge in [0.2, 0.25) is 0 Å². The molecule has 0 aliphatic heterocycles. The molecule has 1 aromatic carbocycles. The van der Waals surface area contributed by atoms with Crippen LogP contribution >= 0.6 is 11.6 Å².